The molecule has 7 nitrogen and oxygen atoms in total. The van der Waals surface area contributed by atoms with E-state index in [2.05, 4.69) is 45.0 Å². The molecule has 0 radical (unpaired) electrons. The zero-order valence-corrected chi connectivity index (χ0v) is 20.9. The molecule has 2 amide bonds. The number of benzene rings is 2. The van der Waals surface area contributed by atoms with Crippen molar-refractivity contribution >= 4 is 52.2 Å². The molecule has 1 unspecified atom stereocenters. The number of nitrogens with one attached hydrogen (secondary N) is 2. The van der Waals surface area contributed by atoms with Gasteiger partial charge in [-0.25, -0.2) is 5.43 Å². The Hall–Kier alpha value is -2.59. The first-order valence-corrected chi connectivity index (χ1v) is 11.2. The van der Waals surface area contributed by atoms with Gasteiger partial charge in [-0.2, -0.15) is 5.10 Å². The highest BCUT2D eigenvalue weighted by Crippen LogP contribution is 2.33. The van der Waals surface area contributed by atoms with Crippen LogP contribution in [-0.4, -0.2) is 37.8 Å². The zero-order valence-electron chi connectivity index (χ0n) is 18.0. The number of ether oxygens (including phenoxy) is 2. The molecule has 2 aromatic rings. The van der Waals surface area contributed by atoms with Crippen molar-refractivity contribution < 1.29 is 19.1 Å². The Kier molecular flexibility index (Phi) is 9.98. The van der Waals surface area contributed by atoms with Gasteiger partial charge in [-0.15, -0.1) is 0 Å². The second kappa shape index (κ2) is 12.4. The molecule has 1 atom stereocenters. The molecule has 0 saturated carbocycles. The predicted octanol–water partition coefficient (Wildman–Crippen LogP) is 4.42. The first kappa shape index (κ1) is 25.7. The van der Waals surface area contributed by atoms with Crippen molar-refractivity contribution in [1.29, 1.82) is 0 Å². The van der Waals surface area contributed by atoms with Crippen molar-refractivity contribution in [2.75, 3.05) is 13.7 Å². The van der Waals surface area contributed by atoms with Gasteiger partial charge in [0.05, 0.1) is 16.9 Å². The Balaban J connectivity index is 2.07. The van der Waals surface area contributed by atoms with E-state index < -0.39 is 11.9 Å². The van der Waals surface area contributed by atoms with Crippen molar-refractivity contribution in [3.8, 4) is 11.5 Å². The van der Waals surface area contributed by atoms with Gasteiger partial charge in [0.2, 0.25) is 0 Å². The summed E-state index contributed by atoms with van der Waals surface area (Å²) in [4.78, 5) is 25.1. The van der Waals surface area contributed by atoms with Crippen LogP contribution in [0.3, 0.4) is 0 Å². The largest absolute Gasteiger partial charge is 0.493 e. The van der Waals surface area contributed by atoms with Crippen LogP contribution in [0.15, 0.2) is 54.2 Å². The average molecular weight is 570 g/mol. The normalized spacial score (nSPS) is 11.8. The monoisotopic (exact) mass is 569 g/mol. The van der Waals surface area contributed by atoms with E-state index in [4.69, 9.17) is 21.1 Å². The summed E-state index contributed by atoms with van der Waals surface area (Å²) >= 11 is 8.00. The van der Waals surface area contributed by atoms with Crippen molar-refractivity contribution in [1.82, 2.24) is 10.7 Å². The molecular formula is C23H25ClIN3O4. The molecule has 0 spiro atoms. The van der Waals surface area contributed by atoms with Gasteiger partial charge in [-0.05, 0) is 70.5 Å². The number of hydrogen-bond acceptors (Lipinski definition) is 5. The van der Waals surface area contributed by atoms with Crippen molar-refractivity contribution in [2.45, 2.75) is 19.9 Å². The number of methoxy groups -OCH3 is 1. The van der Waals surface area contributed by atoms with E-state index in [0.29, 0.717) is 34.3 Å². The minimum atomic E-state index is -0.764. The second-order valence-corrected chi connectivity index (χ2v) is 8.67. The molecule has 2 aromatic carbocycles. The molecule has 0 heterocycles. The van der Waals surface area contributed by atoms with Crippen LogP contribution in [0.4, 0.5) is 0 Å². The Morgan fingerprint density at radius 3 is 2.53 bits per heavy atom. The van der Waals surface area contributed by atoms with Crippen LogP contribution >= 0.6 is 34.2 Å². The lowest BCUT2D eigenvalue weighted by atomic mass is 10.0. The molecule has 0 aromatic heterocycles. The summed E-state index contributed by atoms with van der Waals surface area (Å²) < 4.78 is 11.8. The summed E-state index contributed by atoms with van der Waals surface area (Å²) in [5.41, 5.74) is 3.62. The topological polar surface area (TPSA) is 89.0 Å². The fourth-order valence-electron chi connectivity index (χ4n) is 2.70. The summed E-state index contributed by atoms with van der Waals surface area (Å²) in [5, 5.41) is 7.31. The lowest BCUT2D eigenvalue weighted by Gasteiger charge is -2.20. The lowest BCUT2D eigenvalue weighted by Crippen LogP contribution is -2.48. The molecule has 32 heavy (non-hydrogen) atoms. The van der Waals surface area contributed by atoms with Gasteiger partial charge in [0, 0.05) is 10.6 Å². The first-order chi connectivity index (χ1) is 15.3. The fourth-order valence-corrected chi connectivity index (χ4v) is 3.60. The Morgan fingerprint density at radius 1 is 1.25 bits per heavy atom. The van der Waals surface area contributed by atoms with E-state index in [1.807, 2.05) is 19.9 Å². The molecule has 0 saturated heterocycles. The molecule has 0 fully saturated rings. The number of rotatable bonds is 10. The summed E-state index contributed by atoms with van der Waals surface area (Å²) in [6, 6.07) is 9.27. The Morgan fingerprint density at radius 2 is 1.94 bits per heavy atom. The molecule has 170 valence electrons. The van der Waals surface area contributed by atoms with Crippen LogP contribution in [0.5, 0.6) is 11.5 Å². The SMILES string of the molecule is C=CCOc1c(I)cc(/C=N/NC(=O)C(NC(=O)c2ccc(Cl)cc2)C(C)C)cc1OC. The average Bonchev–Trinajstić information content (AvgIpc) is 2.76. The van der Waals surface area contributed by atoms with Gasteiger partial charge in [-0.3, -0.25) is 9.59 Å². The summed E-state index contributed by atoms with van der Waals surface area (Å²) in [7, 11) is 1.55. The molecule has 2 rings (SSSR count). The van der Waals surface area contributed by atoms with E-state index in [1.165, 1.54) is 6.21 Å². The summed E-state index contributed by atoms with van der Waals surface area (Å²) in [6.45, 7) is 7.67. The smallest absolute Gasteiger partial charge is 0.262 e. The molecule has 2 N–H and O–H groups in total. The maximum atomic E-state index is 12.6. The quantitative estimate of drug-likeness (QED) is 0.192. The number of nitrogens with zero attached hydrogens (tertiary/aromatic N) is 1. The number of halogens is 2. The molecule has 0 aliphatic heterocycles. The summed E-state index contributed by atoms with van der Waals surface area (Å²) in [6.07, 6.45) is 3.15. The number of hydrazone groups is 1. The van der Waals surface area contributed by atoms with E-state index in [9.17, 15) is 9.59 Å². The Bertz CT molecular complexity index is 993. The zero-order chi connectivity index (χ0) is 23.7. The molecule has 0 aliphatic carbocycles. The predicted molar refractivity (Wildman–Crippen MR) is 135 cm³/mol. The second-order valence-electron chi connectivity index (χ2n) is 7.07. The highest BCUT2D eigenvalue weighted by molar-refractivity contribution is 14.1. The Labute approximate surface area is 206 Å². The van der Waals surface area contributed by atoms with Crippen molar-refractivity contribution in [3.63, 3.8) is 0 Å². The van der Waals surface area contributed by atoms with Gasteiger partial charge in [-0.1, -0.05) is 38.1 Å². The maximum Gasteiger partial charge on any atom is 0.262 e. The molecule has 0 bridgehead atoms. The number of hydrogen-bond donors (Lipinski definition) is 2. The van der Waals surface area contributed by atoms with E-state index >= 15 is 0 Å². The van der Waals surface area contributed by atoms with Gasteiger partial charge < -0.3 is 14.8 Å². The van der Waals surface area contributed by atoms with Crippen molar-refractivity contribution in [2.24, 2.45) is 11.0 Å². The number of carbonyl (C=O) groups excluding carboxylic acids is 2. The minimum absolute atomic E-state index is 0.149. The van der Waals surface area contributed by atoms with Crippen LogP contribution < -0.4 is 20.2 Å². The van der Waals surface area contributed by atoms with Crippen LogP contribution in [0.25, 0.3) is 0 Å². The third-order valence-corrected chi connectivity index (χ3v) is 5.38. The maximum absolute atomic E-state index is 12.6. The fraction of sp³-hybridized carbons (Fsp3) is 0.261. The van der Waals surface area contributed by atoms with E-state index in [-0.39, 0.29) is 11.8 Å². The van der Waals surface area contributed by atoms with Gasteiger partial charge >= 0.3 is 0 Å². The molecule has 0 aliphatic rings. The van der Waals surface area contributed by atoms with Crippen LogP contribution in [0, 0.1) is 9.49 Å². The lowest BCUT2D eigenvalue weighted by molar-refractivity contribution is -0.123. The number of carbonyl (C=O) groups is 2. The highest BCUT2D eigenvalue weighted by Gasteiger charge is 2.24. The van der Waals surface area contributed by atoms with Gasteiger partial charge in [0.15, 0.2) is 11.5 Å². The van der Waals surface area contributed by atoms with E-state index in [1.54, 1.807) is 43.5 Å². The standard InChI is InChI=1S/C23H25ClIN3O4/c1-5-10-32-21-18(25)11-15(12-19(21)31-4)13-26-28-23(30)20(14(2)3)27-22(29)16-6-8-17(24)9-7-16/h5-9,11-14,20H,1,10H2,2-4H3,(H,27,29)(H,28,30)/b26-13+. The van der Waals surface area contributed by atoms with Crippen LogP contribution in [0.2, 0.25) is 5.02 Å². The van der Waals surface area contributed by atoms with E-state index in [0.717, 1.165) is 3.57 Å². The summed E-state index contributed by atoms with van der Waals surface area (Å²) in [5.74, 6) is 0.213. The highest BCUT2D eigenvalue weighted by atomic mass is 127. The minimum Gasteiger partial charge on any atom is -0.493 e. The first-order valence-electron chi connectivity index (χ1n) is 9.77. The van der Waals surface area contributed by atoms with Crippen molar-refractivity contribution in [3.05, 3.63) is 68.8 Å². The van der Waals surface area contributed by atoms with Gasteiger partial charge in [0.1, 0.15) is 12.6 Å². The van der Waals surface area contributed by atoms with Crippen LogP contribution in [0.1, 0.15) is 29.8 Å². The van der Waals surface area contributed by atoms with Crippen LogP contribution in [-0.2, 0) is 4.79 Å². The van der Waals surface area contributed by atoms with Gasteiger partial charge in [0.25, 0.3) is 11.8 Å². The molecular weight excluding hydrogens is 545 g/mol. The third-order valence-electron chi connectivity index (χ3n) is 4.33. The number of amides is 2. The molecule has 9 heteroatoms. The third kappa shape index (κ3) is 7.23.